The Labute approximate surface area is 140 Å². The van der Waals surface area contributed by atoms with Crippen molar-refractivity contribution in [3.8, 4) is 0 Å². The fraction of sp³-hybridized carbons (Fsp3) is 0.267. The average Bonchev–Trinajstić information content (AvgIpc) is 3.02. The number of rotatable bonds is 5. The lowest BCUT2D eigenvalue weighted by Crippen LogP contribution is -2.13. The monoisotopic (exact) mass is 415 g/mol. The predicted octanol–water partition coefficient (Wildman–Crippen LogP) is 4.00. The van der Waals surface area contributed by atoms with Crippen molar-refractivity contribution in [2.24, 2.45) is 0 Å². The molecule has 2 aromatic heterocycles. The maximum absolute atomic E-state index is 14.2. The molecule has 0 fully saturated rings. The highest BCUT2D eigenvalue weighted by molar-refractivity contribution is 14.1. The van der Waals surface area contributed by atoms with E-state index in [2.05, 4.69) is 39.9 Å². The summed E-state index contributed by atoms with van der Waals surface area (Å²) in [5.74, 6) is -0.150. The Morgan fingerprint density at radius 2 is 2.29 bits per heavy atom. The lowest BCUT2D eigenvalue weighted by atomic mass is 10.1. The maximum atomic E-state index is 14.2. The van der Waals surface area contributed by atoms with Crippen LogP contribution in [0.2, 0.25) is 0 Å². The summed E-state index contributed by atoms with van der Waals surface area (Å²) in [6.45, 7) is 4.34. The van der Waals surface area contributed by atoms with E-state index >= 15 is 0 Å². The zero-order chi connectivity index (χ0) is 14.8. The number of halogens is 2. The maximum Gasteiger partial charge on any atom is 0.132 e. The van der Waals surface area contributed by atoms with Gasteiger partial charge < -0.3 is 5.32 Å². The Morgan fingerprint density at radius 1 is 1.43 bits per heavy atom. The molecule has 0 aliphatic heterocycles. The van der Waals surface area contributed by atoms with Gasteiger partial charge in [-0.2, -0.15) is 5.10 Å². The molecule has 110 valence electrons. The quantitative estimate of drug-likeness (QED) is 0.639. The second kappa shape index (κ2) is 6.41. The largest absolute Gasteiger partial charge is 0.312 e. The van der Waals surface area contributed by atoms with Crippen molar-refractivity contribution < 1.29 is 4.39 Å². The summed E-state index contributed by atoms with van der Waals surface area (Å²) < 4.78 is 18.2. The fourth-order valence-corrected chi connectivity index (χ4v) is 4.00. The number of benzene rings is 1. The summed E-state index contributed by atoms with van der Waals surface area (Å²) in [6.07, 6.45) is 3.79. The van der Waals surface area contributed by atoms with Gasteiger partial charge in [-0.15, -0.1) is 11.3 Å². The standard InChI is InChI=1S/C15H15FIN3S/c1-2-18-7-14-11(9-20-8-10(17)6-19-20)15-12(16)4-3-5-13(15)21-14/h3-6,8,18H,2,7,9H2,1H3. The minimum atomic E-state index is -0.150. The Bertz CT molecular complexity index is 765. The van der Waals surface area contributed by atoms with Crippen molar-refractivity contribution in [2.45, 2.75) is 20.0 Å². The molecule has 0 spiro atoms. The Hall–Kier alpha value is -0.990. The van der Waals surface area contributed by atoms with E-state index in [1.54, 1.807) is 17.4 Å². The Balaban J connectivity index is 2.07. The van der Waals surface area contributed by atoms with E-state index in [1.807, 2.05) is 23.1 Å². The van der Waals surface area contributed by atoms with Crippen LogP contribution >= 0.6 is 33.9 Å². The predicted molar refractivity (Wildman–Crippen MR) is 93.2 cm³/mol. The summed E-state index contributed by atoms with van der Waals surface area (Å²) >= 11 is 3.89. The minimum absolute atomic E-state index is 0.150. The molecule has 3 nitrogen and oxygen atoms in total. The summed E-state index contributed by atoms with van der Waals surface area (Å²) in [7, 11) is 0. The van der Waals surface area contributed by atoms with Crippen LogP contribution in [-0.4, -0.2) is 16.3 Å². The van der Waals surface area contributed by atoms with Gasteiger partial charge in [0.05, 0.1) is 16.3 Å². The molecule has 21 heavy (non-hydrogen) atoms. The molecule has 0 aliphatic rings. The van der Waals surface area contributed by atoms with Gasteiger partial charge in [0.1, 0.15) is 5.82 Å². The molecule has 1 aromatic carbocycles. The normalized spacial score (nSPS) is 11.4. The number of fused-ring (bicyclic) bond motifs is 1. The third-order valence-electron chi connectivity index (χ3n) is 3.30. The average molecular weight is 415 g/mol. The molecule has 0 amide bonds. The molecule has 0 atom stereocenters. The highest BCUT2D eigenvalue weighted by Crippen LogP contribution is 2.33. The molecular weight excluding hydrogens is 400 g/mol. The molecule has 0 saturated carbocycles. The molecular formula is C15H15FIN3S. The van der Waals surface area contributed by atoms with Gasteiger partial charge in [-0.25, -0.2) is 4.39 Å². The molecule has 3 rings (SSSR count). The van der Waals surface area contributed by atoms with Crippen LogP contribution in [0.3, 0.4) is 0 Å². The van der Waals surface area contributed by atoms with Gasteiger partial charge in [-0.3, -0.25) is 4.68 Å². The summed E-state index contributed by atoms with van der Waals surface area (Å²) in [4.78, 5) is 1.18. The van der Waals surface area contributed by atoms with Crippen molar-refractivity contribution in [3.63, 3.8) is 0 Å². The molecule has 0 unspecified atom stereocenters. The molecule has 3 aromatic rings. The molecule has 6 heteroatoms. The molecule has 0 aliphatic carbocycles. The van der Waals surface area contributed by atoms with Crippen LogP contribution < -0.4 is 5.32 Å². The zero-order valence-corrected chi connectivity index (χ0v) is 14.5. The SMILES string of the molecule is CCNCc1sc2cccc(F)c2c1Cn1cc(I)cn1. The zero-order valence-electron chi connectivity index (χ0n) is 11.6. The highest BCUT2D eigenvalue weighted by atomic mass is 127. The number of nitrogens with zero attached hydrogens (tertiary/aromatic N) is 2. The van der Waals surface area contributed by atoms with Crippen LogP contribution in [0, 0.1) is 9.39 Å². The lowest BCUT2D eigenvalue weighted by Gasteiger charge is -2.06. The van der Waals surface area contributed by atoms with Gasteiger partial charge in [-0.1, -0.05) is 13.0 Å². The van der Waals surface area contributed by atoms with Gasteiger partial charge in [0.2, 0.25) is 0 Å². The minimum Gasteiger partial charge on any atom is -0.312 e. The van der Waals surface area contributed by atoms with E-state index in [0.717, 1.165) is 32.3 Å². The third-order valence-corrected chi connectivity index (χ3v) is 5.06. The first-order valence-electron chi connectivity index (χ1n) is 6.76. The molecule has 0 radical (unpaired) electrons. The van der Waals surface area contributed by atoms with E-state index in [0.29, 0.717) is 6.54 Å². The first-order valence-corrected chi connectivity index (χ1v) is 8.66. The highest BCUT2D eigenvalue weighted by Gasteiger charge is 2.16. The lowest BCUT2D eigenvalue weighted by molar-refractivity contribution is 0.633. The first-order chi connectivity index (χ1) is 10.2. The van der Waals surface area contributed by atoms with Crippen LogP contribution in [0.25, 0.3) is 10.1 Å². The Morgan fingerprint density at radius 3 is 3.00 bits per heavy atom. The van der Waals surface area contributed by atoms with Gasteiger partial charge in [0, 0.05) is 27.7 Å². The molecule has 0 saturated heterocycles. The van der Waals surface area contributed by atoms with Crippen LogP contribution in [0.1, 0.15) is 17.4 Å². The number of hydrogen-bond acceptors (Lipinski definition) is 3. The second-order valence-corrected chi connectivity index (χ2v) is 7.14. The summed E-state index contributed by atoms with van der Waals surface area (Å²) in [6, 6.07) is 5.28. The topological polar surface area (TPSA) is 29.9 Å². The van der Waals surface area contributed by atoms with Crippen LogP contribution in [0.4, 0.5) is 4.39 Å². The number of thiophene rings is 1. The molecule has 2 heterocycles. The van der Waals surface area contributed by atoms with Crippen molar-refractivity contribution in [1.29, 1.82) is 0 Å². The number of hydrogen-bond donors (Lipinski definition) is 1. The van der Waals surface area contributed by atoms with E-state index in [1.165, 1.54) is 10.9 Å². The van der Waals surface area contributed by atoms with Crippen molar-refractivity contribution >= 4 is 44.0 Å². The van der Waals surface area contributed by atoms with Gasteiger partial charge in [-0.05, 0) is 46.8 Å². The van der Waals surface area contributed by atoms with Crippen molar-refractivity contribution in [1.82, 2.24) is 15.1 Å². The second-order valence-electron chi connectivity index (χ2n) is 4.75. The summed E-state index contributed by atoms with van der Waals surface area (Å²) in [5.41, 5.74) is 1.04. The fourth-order valence-electron chi connectivity index (χ4n) is 2.35. The van der Waals surface area contributed by atoms with Gasteiger partial charge in [0.15, 0.2) is 0 Å². The van der Waals surface area contributed by atoms with Crippen LogP contribution in [0.15, 0.2) is 30.6 Å². The van der Waals surface area contributed by atoms with Gasteiger partial charge >= 0.3 is 0 Å². The Kier molecular flexibility index (Phi) is 4.56. The van der Waals surface area contributed by atoms with E-state index in [9.17, 15) is 4.39 Å². The van der Waals surface area contributed by atoms with E-state index < -0.39 is 0 Å². The molecule has 0 bridgehead atoms. The smallest absolute Gasteiger partial charge is 0.132 e. The van der Waals surface area contributed by atoms with Gasteiger partial charge in [0.25, 0.3) is 0 Å². The third kappa shape index (κ3) is 3.12. The van der Waals surface area contributed by atoms with Crippen molar-refractivity contribution in [3.05, 3.63) is 50.4 Å². The van der Waals surface area contributed by atoms with Crippen molar-refractivity contribution in [2.75, 3.05) is 6.54 Å². The summed E-state index contributed by atoms with van der Waals surface area (Å²) in [5, 5.41) is 8.39. The molecule has 1 N–H and O–H groups in total. The van der Waals surface area contributed by atoms with Crippen LogP contribution in [0.5, 0.6) is 0 Å². The number of nitrogens with one attached hydrogen (secondary N) is 1. The van der Waals surface area contributed by atoms with E-state index in [-0.39, 0.29) is 5.82 Å². The van der Waals surface area contributed by atoms with Crippen LogP contribution in [-0.2, 0) is 13.1 Å². The first kappa shape index (κ1) is 14.9. The van der Waals surface area contributed by atoms with E-state index in [4.69, 9.17) is 0 Å². The number of aromatic nitrogens is 2.